The van der Waals surface area contributed by atoms with E-state index >= 15 is 0 Å². The van der Waals surface area contributed by atoms with Crippen LogP contribution in [0.25, 0.3) is 11.3 Å². The summed E-state index contributed by atoms with van der Waals surface area (Å²) in [4.78, 5) is 18.3. The molecule has 0 aliphatic rings. The number of hydrogen-bond donors (Lipinski definition) is 0. The number of nitro groups is 1. The summed E-state index contributed by atoms with van der Waals surface area (Å²) in [6.45, 7) is 0. The molecule has 0 fully saturated rings. The minimum Gasteiger partial charge on any atom is -0.258 e. The molecule has 0 saturated heterocycles. The third-order valence-corrected chi connectivity index (χ3v) is 3.03. The monoisotopic (exact) mass is 347 g/mol. The van der Waals surface area contributed by atoms with Gasteiger partial charge in [0, 0.05) is 22.3 Å². The molecule has 0 N–H and O–H groups in total. The van der Waals surface area contributed by atoms with Gasteiger partial charge in [-0.3, -0.25) is 10.1 Å². The number of pyridine rings is 2. The van der Waals surface area contributed by atoms with E-state index in [2.05, 4.69) is 25.9 Å². The topological polar surface area (TPSA) is 68.9 Å². The number of hydrogen-bond acceptors (Lipinski definition) is 4. The fraction of sp³-hybridized carbons (Fsp3) is 0. The fourth-order valence-corrected chi connectivity index (χ4v) is 2.12. The van der Waals surface area contributed by atoms with Crippen molar-refractivity contribution in [3.63, 3.8) is 0 Å². The van der Waals surface area contributed by atoms with Gasteiger partial charge in [-0.25, -0.2) is 9.97 Å². The molecule has 0 spiro atoms. The molecule has 0 aliphatic heterocycles. The predicted octanol–water partition coefficient (Wildman–Crippen LogP) is 4.12. The highest BCUT2D eigenvalue weighted by molar-refractivity contribution is 9.10. The smallest absolute Gasteiger partial charge is 0.258 e. The molecule has 8 heteroatoms. The molecule has 0 bridgehead atoms. The van der Waals surface area contributed by atoms with Gasteiger partial charge in [0.2, 0.25) is 0 Å². The first-order valence-electron chi connectivity index (χ1n) is 4.61. The summed E-state index contributed by atoms with van der Waals surface area (Å²) in [5, 5.41) is 11.3. The van der Waals surface area contributed by atoms with Crippen LogP contribution in [0.15, 0.2) is 28.9 Å². The molecule has 0 aromatic carbocycles. The second-order valence-corrected chi connectivity index (χ2v) is 4.91. The van der Waals surface area contributed by atoms with Crippen molar-refractivity contribution in [2.75, 3.05) is 0 Å². The van der Waals surface area contributed by atoms with E-state index in [0.29, 0.717) is 10.0 Å². The number of nitrogens with zero attached hydrogens (tertiary/aromatic N) is 3. The molecule has 0 atom stereocenters. The Kier molecular flexibility index (Phi) is 3.79. The van der Waals surface area contributed by atoms with Crippen LogP contribution in [0, 0.1) is 10.1 Å². The number of rotatable bonds is 2. The van der Waals surface area contributed by atoms with Crippen LogP contribution in [0.1, 0.15) is 0 Å². The predicted molar refractivity (Wildman–Crippen MR) is 71.8 cm³/mol. The highest BCUT2D eigenvalue weighted by Crippen LogP contribution is 2.34. The molecule has 0 aliphatic carbocycles. The summed E-state index contributed by atoms with van der Waals surface area (Å²) in [5.74, 6) is 0. The molecule has 92 valence electrons. The Labute approximate surface area is 120 Å². The van der Waals surface area contributed by atoms with Gasteiger partial charge in [0.15, 0.2) is 5.69 Å². The van der Waals surface area contributed by atoms with Gasteiger partial charge in [-0.1, -0.05) is 23.2 Å². The molecule has 2 aromatic rings. The first kappa shape index (κ1) is 13.2. The molecule has 0 saturated carbocycles. The summed E-state index contributed by atoms with van der Waals surface area (Å²) < 4.78 is 0.510. The molecular formula is C10H4BrCl2N3O2. The summed E-state index contributed by atoms with van der Waals surface area (Å²) in [6.07, 6.45) is 1.45. The van der Waals surface area contributed by atoms with E-state index in [0.717, 1.165) is 0 Å². The Hall–Kier alpha value is -1.24. The van der Waals surface area contributed by atoms with Crippen LogP contribution in [0.3, 0.4) is 0 Å². The standard InChI is InChI=1S/C10H4BrCl2N3O2/c11-5-3-7(16(17)18)9(14-4-5)6-1-2-8(12)15-10(6)13/h1-4H. The first-order valence-corrected chi connectivity index (χ1v) is 6.16. The fourth-order valence-electron chi connectivity index (χ4n) is 1.36. The van der Waals surface area contributed by atoms with E-state index in [9.17, 15) is 10.1 Å². The molecule has 0 unspecified atom stereocenters. The molecule has 5 nitrogen and oxygen atoms in total. The van der Waals surface area contributed by atoms with Crippen molar-refractivity contribution < 1.29 is 4.92 Å². The second-order valence-electron chi connectivity index (χ2n) is 3.25. The summed E-state index contributed by atoms with van der Waals surface area (Å²) in [5.41, 5.74) is 0.355. The van der Waals surface area contributed by atoms with Gasteiger partial charge in [0.25, 0.3) is 5.69 Å². The van der Waals surface area contributed by atoms with Gasteiger partial charge in [0.05, 0.1) is 4.92 Å². The van der Waals surface area contributed by atoms with Crippen LogP contribution >= 0.6 is 39.1 Å². The SMILES string of the molecule is O=[N+]([O-])c1cc(Br)cnc1-c1ccc(Cl)nc1Cl. The van der Waals surface area contributed by atoms with Crippen molar-refractivity contribution in [3.8, 4) is 11.3 Å². The van der Waals surface area contributed by atoms with Gasteiger partial charge < -0.3 is 0 Å². The maximum Gasteiger partial charge on any atom is 0.296 e. The third kappa shape index (κ3) is 2.60. The Morgan fingerprint density at radius 3 is 2.67 bits per heavy atom. The normalized spacial score (nSPS) is 10.4. The molecular weight excluding hydrogens is 345 g/mol. The minimum absolute atomic E-state index is 0.0698. The zero-order valence-electron chi connectivity index (χ0n) is 8.60. The van der Waals surface area contributed by atoms with Crippen LogP contribution < -0.4 is 0 Å². The minimum atomic E-state index is -0.530. The van der Waals surface area contributed by atoms with Crippen molar-refractivity contribution in [2.24, 2.45) is 0 Å². The Bertz CT molecular complexity index is 637. The first-order chi connectivity index (χ1) is 8.49. The highest BCUT2D eigenvalue weighted by atomic mass is 79.9. The van der Waals surface area contributed by atoms with Crippen LogP contribution in [-0.2, 0) is 0 Å². The maximum absolute atomic E-state index is 11.0. The van der Waals surface area contributed by atoms with Crippen LogP contribution in [0.4, 0.5) is 5.69 Å². The molecule has 2 aromatic heterocycles. The summed E-state index contributed by atoms with van der Waals surface area (Å²) in [7, 11) is 0. The zero-order valence-corrected chi connectivity index (χ0v) is 11.7. The van der Waals surface area contributed by atoms with Crippen molar-refractivity contribution >= 4 is 44.8 Å². The lowest BCUT2D eigenvalue weighted by Gasteiger charge is -2.04. The average Bonchev–Trinajstić information content (AvgIpc) is 2.29. The Balaban J connectivity index is 2.67. The van der Waals surface area contributed by atoms with E-state index in [1.165, 1.54) is 18.3 Å². The van der Waals surface area contributed by atoms with Crippen molar-refractivity contribution in [1.82, 2.24) is 9.97 Å². The van der Waals surface area contributed by atoms with Crippen LogP contribution in [0.5, 0.6) is 0 Å². The lowest BCUT2D eigenvalue weighted by Crippen LogP contribution is -1.96. The molecule has 0 radical (unpaired) electrons. The van der Waals surface area contributed by atoms with E-state index in [1.54, 1.807) is 6.07 Å². The lowest BCUT2D eigenvalue weighted by molar-refractivity contribution is -0.384. The number of aromatic nitrogens is 2. The van der Waals surface area contributed by atoms with E-state index in [1.807, 2.05) is 0 Å². The molecule has 2 heterocycles. The Morgan fingerprint density at radius 1 is 1.33 bits per heavy atom. The third-order valence-electron chi connectivity index (χ3n) is 2.10. The molecule has 18 heavy (non-hydrogen) atoms. The van der Waals surface area contributed by atoms with Gasteiger partial charge in [0.1, 0.15) is 10.3 Å². The molecule has 0 amide bonds. The van der Waals surface area contributed by atoms with Crippen LogP contribution in [-0.4, -0.2) is 14.9 Å². The van der Waals surface area contributed by atoms with Crippen molar-refractivity contribution in [2.45, 2.75) is 0 Å². The van der Waals surface area contributed by atoms with Crippen molar-refractivity contribution in [1.29, 1.82) is 0 Å². The maximum atomic E-state index is 11.0. The summed E-state index contributed by atoms with van der Waals surface area (Å²) in [6, 6.07) is 4.39. The van der Waals surface area contributed by atoms with Gasteiger partial charge in [-0.2, -0.15) is 0 Å². The second kappa shape index (κ2) is 5.17. The largest absolute Gasteiger partial charge is 0.296 e. The van der Waals surface area contributed by atoms with E-state index in [-0.39, 0.29) is 21.7 Å². The average molecular weight is 349 g/mol. The highest BCUT2D eigenvalue weighted by Gasteiger charge is 2.20. The summed E-state index contributed by atoms with van der Waals surface area (Å²) >= 11 is 14.7. The zero-order chi connectivity index (χ0) is 13.3. The quantitative estimate of drug-likeness (QED) is 0.465. The number of halogens is 3. The van der Waals surface area contributed by atoms with Gasteiger partial charge >= 0.3 is 0 Å². The Morgan fingerprint density at radius 2 is 2.06 bits per heavy atom. The van der Waals surface area contributed by atoms with Crippen LogP contribution in [0.2, 0.25) is 10.3 Å². The van der Waals surface area contributed by atoms with E-state index < -0.39 is 4.92 Å². The lowest BCUT2D eigenvalue weighted by atomic mass is 10.1. The van der Waals surface area contributed by atoms with Gasteiger partial charge in [-0.05, 0) is 28.1 Å². The van der Waals surface area contributed by atoms with Crippen molar-refractivity contribution in [3.05, 3.63) is 49.3 Å². The molecule has 2 rings (SSSR count). The van der Waals surface area contributed by atoms with E-state index in [4.69, 9.17) is 23.2 Å². The van der Waals surface area contributed by atoms with Gasteiger partial charge in [-0.15, -0.1) is 0 Å².